The Bertz CT molecular complexity index is 353. The van der Waals surface area contributed by atoms with E-state index in [0.717, 1.165) is 12.8 Å². The number of carbonyl (C=O) groups excluding carboxylic acids is 1. The molecular formula is C14H26N2O3. The van der Waals surface area contributed by atoms with E-state index in [1.54, 1.807) is 0 Å². The van der Waals surface area contributed by atoms with Gasteiger partial charge in [0.15, 0.2) is 0 Å². The molecule has 0 aromatic heterocycles. The van der Waals surface area contributed by atoms with Crippen LogP contribution in [0.2, 0.25) is 0 Å². The Balaban J connectivity index is 2.91. The van der Waals surface area contributed by atoms with Crippen LogP contribution in [0.1, 0.15) is 59.3 Å². The standard InChI is InChI=1S/C14H26N2O3/c1-4-13(15,5-2)11(17)16-14(12(18)19)8-6-7-10(3)9-14/h10H,4-9,15H2,1-3H3,(H,16,17)(H,18,19). The summed E-state index contributed by atoms with van der Waals surface area (Å²) >= 11 is 0. The van der Waals surface area contributed by atoms with Gasteiger partial charge >= 0.3 is 5.97 Å². The predicted molar refractivity (Wildman–Crippen MR) is 73.6 cm³/mol. The first-order valence-corrected chi connectivity index (χ1v) is 7.14. The highest BCUT2D eigenvalue weighted by atomic mass is 16.4. The first-order valence-electron chi connectivity index (χ1n) is 7.14. The van der Waals surface area contributed by atoms with Crippen LogP contribution in [0.4, 0.5) is 0 Å². The van der Waals surface area contributed by atoms with E-state index in [1.807, 2.05) is 20.8 Å². The lowest BCUT2D eigenvalue weighted by Gasteiger charge is -2.39. The minimum Gasteiger partial charge on any atom is -0.480 e. The van der Waals surface area contributed by atoms with E-state index in [4.69, 9.17) is 5.73 Å². The van der Waals surface area contributed by atoms with Crippen LogP contribution >= 0.6 is 0 Å². The SMILES string of the molecule is CCC(N)(CC)C(=O)NC1(C(=O)O)CCCC(C)C1. The molecule has 0 heterocycles. The van der Waals surface area contributed by atoms with Crippen LogP contribution in [0.5, 0.6) is 0 Å². The third-order valence-electron chi connectivity index (χ3n) is 4.47. The molecule has 1 rings (SSSR count). The van der Waals surface area contributed by atoms with Gasteiger partial charge in [-0.15, -0.1) is 0 Å². The van der Waals surface area contributed by atoms with Gasteiger partial charge in [-0.3, -0.25) is 4.79 Å². The molecule has 2 atom stereocenters. The van der Waals surface area contributed by atoms with Gasteiger partial charge in [-0.1, -0.05) is 33.6 Å². The molecule has 2 unspecified atom stereocenters. The molecule has 19 heavy (non-hydrogen) atoms. The normalized spacial score (nSPS) is 27.9. The molecule has 1 aliphatic carbocycles. The molecule has 0 aromatic carbocycles. The van der Waals surface area contributed by atoms with Gasteiger partial charge in [-0.25, -0.2) is 4.79 Å². The molecule has 0 bridgehead atoms. The molecule has 1 fully saturated rings. The number of aliphatic carboxylic acids is 1. The Morgan fingerprint density at radius 1 is 1.42 bits per heavy atom. The molecule has 1 amide bonds. The maximum atomic E-state index is 12.3. The zero-order valence-electron chi connectivity index (χ0n) is 12.2. The zero-order valence-corrected chi connectivity index (χ0v) is 12.2. The number of carbonyl (C=O) groups is 2. The fraction of sp³-hybridized carbons (Fsp3) is 0.857. The second-order valence-electron chi connectivity index (χ2n) is 5.91. The average Bonchev–Trinajstić information content (AvgIpc) is 2.37. The summed E-state index contributed by atoms with van der Waals surface area (Å²) in [6, 6.07) is 0. The summed E-state index contributed by atoms with van der Waals surface area (Å²) in [6.07, 6.45) is 3.81. The lowest BCUT2D eigenvalue weighted by atomic mass is 9.75. The second kappa shape index (κ2) is 5.90. The van der Waals surface area contributed by atoms with Crippen molar-refractivity contribution in [3.63, 3.8) is 0 Å². The summed E-state index contributed by atoms with van der Waals surface area (Å²) in [4.78, 5) is 23.9. The van der Waals surface area contributed by atoms with E-state index in [1.165, 1.54) is 0 Å². The van der Waals surface area contributed by atoms with Crippen molar-refractivity contribution in [3.8, 4) is 0 Å². The molecule has 0 aliphatic heterocycles. The first kappa shape index (κ1) is 16.0. The van der Waals surface area contributed by atoms with Crippen molar-refractivity contribution < 1.29 is 14.7 Å². The molecule has 0 aromatic rings. The van der Waals surface area contributed by atoms with Gasteiger partial charge in [0.25, 0.3) is 0 Å². The number of nitrogens with one attached hydrogen (secondary N) is 1. The second-order valence-corrected chi connectivity index (χ2v) is 5.91. The van der Waals surface area contributed by atoms with Crippen molar-refractivity contribution in [1.82, 2.24) is 5.32 Å². The molecule has 0 saturated heterocycles. The molecule has 0 radical (unpaired) electrons. The van der Waals surface area contributed by atoms with Crippen LogP contribution in [0.25, 0.3) is 0 Å². The lowest BCUT2D eigenvalue weighted by molar-refractivity contribution is -0.151. The van der Waals surface area contributed by atoms with Gasteiger partial charge in [0, 0.05) is 0 Å². The van der Waals surface area contributed by atoms with Gasteiger partial charge in [0.2, 0.25) is 5.91 Å². The maximum Gasteiger partial charge on any atom is 0.329 e. The van der Waals surface area contributed by atoms with Crippen molar-refractivity contribution in [2.75, 3.05) is 0 Å². The fourth-order valence-electron chi connectivity index (χ4n) is 2.83. The summed E-state index contributed by atoms with van der Waals surface area (Å²) < 4.78 is 0. The van der Waals surface area contributed by atoms with Crippen LogP contribution in [0, 0.1) is 5.92 Å². The van der Waals surface area contributed by atoms with E-state index < -0.39 is 17.0 Å². The van der Waals surface area contributed by atoms with E-state index in [9.17, 15) is 14.7 Å². The fourth-order valence-corrected chi connectivity index (χ4v) is 2.83. The molecule has 1 saturated carbocycles. The molecule has 1 aliphatic rings. The summed E-state index contributed by atoms with van der Waals surface area (Å²) in [7, 11) is 0. The van der Waals surface area contributed by atoms with Crippen LogP contribution in [0.3, 0.4) is 0 Å². The Kier molecular flexibility index (Phi) is 4.96. The highest BCUT2D eigenvalue weighted by molar-refractivity contribution is 5.92. The Hall–Kier alpha value is -1.10. The number of carboxylic acid groups (broad SMARTS) is 1. The molecular weight excluding hydrogens is 244 g/mol. The minimum atomic E-state index is -1.14. The van der Waals surface area contributed by atoms with Crippen LogP contribution in [0.15, 0.2) is 0 Å². The third-order valence-corrected chi connectivity index (χ3v) is 4.47. The number of hydrogen-bond acceptors (Lipinski definition) is 3. The van der Waals surface area contributed by atoms with Gasteiger partial charge in [0.05, 0.1) is 5.54 Å². The lowest BCUT2D eigenvalue weighted by Crippen LogP contribution is -2.63. The largest absolute Gasteiger partial charge is 0.480 e. The summed E-state index contributed by atoms with van der Waals surface area (Å²) in [5.41, 5.74) is 3.94. The van der Waals surface area contributed by atoms with E-state index in [0.29, 0.717) is 31.6 Å². The van der Waals surface area contributed by atoms with Gasteiger partial charge in [-0.2, -0.15) is 0 Å². The molecule has 4 N–H and O–H groups in total. The first-order chi connectivity index (χ1) is 8.79. The van der Waals surface area contributed by atoms with Crippen LogP contribution < -0.4 is 11.1 Å². The summed E-state index contributed by atoms with van der Waals surface area (Å²) in [5, 5.41) is 12.3. The van der Waals surface area contributed by atoms with E-state index in [2.05, 4.69) is 5.32 Å². The molecule has 5 nitrogen and oxygen atoms in total. The molecule has 0 spiro atoms. The highest BCUT2D eigenvalue weighted by Gasteiger charge is 2.45. The number of amides is 1. The maximum absolute atomic E-state index is 12.3. The summed E-state index contributed by atoms with van der Waals surface area (Å²) in [5.74, 6) is -0.975. The summed E-state index contributed by atoms with van der Waals surface area (Å²) in [6.45, 7) is 5.72. The topological polar surface area (TPSA) is 92.4 Å². The van der Waals surface area contributed by atoms with Gasteiger partial charge in [0.1, 0.15) is 5.54 Å². The Morgan fingerprint density at radius 2 is 2.00 bits per heavy atom. The van der Waals surface area contributed by atoms with Gasteiger partial charge in [-0.05, 0) is 31.6 Å². The van der Waals surface area contributed by atoms with E-state index >= 15 is 0 Å². The molecule has 110 valence electrons. The van der Waals surface area contributed by atoms with E-state index in [-0.39, 0.29) is 5.91 Å². The Morgan fingerprint density at radius 3 is 2.42 bits per heavy atom. The minimum absolute atomic E-state index is 0.306. The van der Waals surface area contributed by atoms with Crippen molar-refractivity contribution in [1.29, 1.82) is 0 Å². The van der Waals surface area contributed by atoms with Crippen molar-refractivity contribution >= 4 is 11.9 Å². The van der Waals surface area contributed by atoms with Crippen molar-refractivity contribution in [2.24, 2.45) is 11.7 Å². The smallest absolute Gasteiger partial charge is 0.329 e. The average molecular weight is 270 g/mol. The van der Waals surface area contributed by atoms with Crippen LogP contribution in [-0.2, 0) is 9.59 Å². The predicted octanol–water partition coefficient (Wildman–Crippen LogP) is 1.65. The Labute approximate surface area is 114 Å². The number of carboxylic acids is 1. The monoisotopic (exact) mass is 270 g/mol. The quantitative estimate of drug-likeness (QED) is 0.708. The molecule has 5 heteroatoms. The third kappa shape index (κ3) is 3.26. The highest BCUT2D eigenvalue weighted by Crippen LogP contribution is 2.33. The van der Waals surface area contributed by atoms with Crippen molar-refractivity contribution in [3.05, 3.63) is 0 Å². The van der Waals surface area contributed by atoms with Crippen LogP contribution in [-0.4, -0.2) is 28.1 Å². The number of rotatable bonds is 5. The zero-order chi connectivity index (χ0) is 14.7. The number of nitrogens with two attached hydrogens (primary N) is 1. The number of hydrogen-bond donors (Lipinski definition) is 3. The van der Waals surface area contributed by atoms with Gasteiger partial charge < -0.3 is 16.2 Å². The van der Waals surface area contributed by atoms with Crippen molar-refractivity contribution in [2.45, 2.75) is 70.4 Å².